The molecule has 3 N–H and O–H groups in total. The molecule has 0 radical (unpaired) electrons. The van der Waals surface area contributed by atoms with E-state index in [0.717, 1.165) is 29.3 Å². The third-order valence-corrected chi connectivity index (χ3v) is 7.41. The Morgan fingerprint density at radius 2 is 1.75 bits per heavy atom. The third kappa shape index (κ3) is 6.91. The van der Waals surface area contributed by atoms with Crippen LogP contribution in [-0.4, -0.2) is 41.1 Å². The predicted octanol–water partition coefficient (Wildman–Crippen LogP) is 4.66. The summed E-state index contributed by atoms with van der Waals surface area (Å²) in [6.07, 6.45) is 8.11. The van der Waals surface area contributed by atoms with Crippen molar-refractivity contribution in [2.45, 2.75) is 63.5 Å². The second kappa shape index (κ2) is 12.6. The normalized spacial score (nSPS) is 16.7. The lowest BCUT2D eigenvalue weighted by Crippen LogP contribution is -2.46. The first kappa shape index (κ1) is 25.8. The summed E-state index contributed by atoms with van der Waals surface area (Å²) in [6.45, 7) is 0. The van der Waals surface area contributed by atoms with E-state index >= 15 is 0 Å². The van der Waals surface area contributed by atoms with Gasteiger partial charge in [-0.3, -0.25) is 14.6 Å². The first-order chi connectivity index (χ1) is 17.5. The van der Waals surface area contributed by atoms with Crippen LogP contribution in [0.5, 0.6) is 0 Å². The Morgan fingerprint density at radius 3 is 2.50 bits per heavy atom. The van der Waals surface area contributed by atoms with E-state index in [4.69, 9.17) is 0 Å². The summed E-state index contributed by atoms with van der Waals surface area (Å²) in [5.41, 5.74) is 2.36. The average molecular weight is 488 g/mol. The number of aliphatic hydroxyl groups is 1. The van der Waals surface area contributed by atoms with Crippen molar-refractivity contribution in [2.75, 3.05) is 7.05 Å². The molecule has 0 saturated heterocycles. The molecule has 1 aliphatic rings. The van der Waals surface area contributed by atoms with Crippen LogP contribution in [0.4, 0.5) is 0 Å². The highest BCUT2D eigenvalue weighted by Crippen LogP contribution is 2.29. The number of hydrogen-bond acceptors (Lipinski definition) is 4. The molecule has 2 aromatic carbocycles. The Hall–Kier alpha value is -3.25. The molecule has 0 spiro atoms. The molecular weight excluding hydrogens is 450 g/mol. The largest absolute Gasteiger partial charge is 0.391 e. The van der Waals surface area contributed by atoms with Crippen molar-refractivity contribution in [1.29, 1.82) is 0 Å². The Labute approximate surface area is 213 Å². The monoisotopic (exact) mass is 487 g/mol. The van der Waals surface area contributed by atoms with Crippen LogP contribution in [0.1, 0.15) is 60.9 Å². The lowest BCUT2D eigenvalue weighted by molar-refractivity contribution is -0.125. The number of hydrogen-bond donors (Lipinski definition) is 3. The number of pyridine rings is 1. The number of para-hydroxylation sites is 1. The summed E-state index contributed by atoms with van der Waals surface area (Å²) in [6, 6.07) is 18.9. The molecule has 6 heteroatoms. The summed E-state index contributed by atoms with van der Waals surface area (Å²) in [5.74, 6) is -0.270. The van der Waals surface area contributed by atoms with Gasteiger partial charge in [0.2, 0.25) is 5.91 Å². The van der Waals surface area contributed by atoms with Crippen molar-refractivity contribution >= 4 is 22.7 Å². The van der Waals surface area contributed by atoms with Crippen molar-refractivity contribution in [2.24, 2.45) is 11.8 Å². The molecule has 1 aromatic heterocycles. The van der Waals surface area contributed by atoms with Crippen LogP contribution in [0.3, 0.4) is 0 Å². The van der Waals surface area contributed by atoms with Gasteiger partial charge in [0, 0.05) is 24.5 Å². The topological polar surface area (TPSA) is 91.3 Å². The van der Waals surface area contributed by atoms with Gasteiger partial charge in [0.05, 0.1) is 23.2 Å². The van der Waals surface area contributed by atoms with E-state index in [2.05, 4.69) is 15.6 Å². The van der Waals surface area contributed by atoms with Crippen molar-refractivity contribution < 1.29 is 14.7 Å². The molecule has 4 rings (SSSR count). The molecular formula is C30H37N3O3. The number of carbonyl (C=O) groups excluding carboxylic acids is 2. The predicted molar refractivity (Wildman–Crippen MR) is 143 cm³/mol. The molecule has 2 amide bonds. The van der Waals surface area contributed by atoms with Gasteiger partial charge in [0.15, 0.2) is 0 Å². The van der Waals surface area contributed by atoms with Crippen LogP contribution in [-0.2, 0) is 11.2 Å². The minimum atomic E-state index is -0.838. The third-order valence-electron chi connectivity index (χ3n) is 7.41. The standard InChI is InChI=1S/C30H37N3O3/c1-31-29(35)24(16-21-10-4-2-5-11-21)19-28(34)27(17-22-12-6-3-7-13-22)33-30(36)25-18-23-14-8-9-15-26(23)32-20-25/h2,4-5,8-11,14-15,18,20,22,24,27-28,34H,3,6-7,12-13,16-17,19H2,1H3,(H,31,35)(H,33,36)/t24-,27+,28+/m1/s1. The molecule has 1 aliphatic carbocycles. The van der Waals surface area contributed by atoms with E-state index in [0.29, 0.717) is 24.3 Å². The second-order valence-corrected chi connectivity index (χ2v) is 10.0. The highest BCUT2D eigenvalue weighted by Gasteiger charge is 2.30. The SMILES string of the molecule is CNC(=O)[C@H](Cc1ccccc1)C[C@H](O)[C@H](CC1CCCCC1)NC(=O)c1cnc2ccccc2c1. The Kier molecular flexibility index (Phi) is 9.06. The second-order valence-electron chi connectivity index (χ2n) is 10.0. The van der Waals surface area contributed by atoms with Crippen molar-refractivity contribution in [1.82, 2.24) is 15.6 Å². The number of aliphatic hydroxyl groups excluding tert-OH is 1. The van der Waals surface area contributed by atoms with Crippen LogP contribution in [0.2, 0.25) is 0 Å². The van der Waals surface area contributed by atoms with Crippen molar-refractivity contribution in [3.63, 3.8) is 0 Å². The van der Waals surface area contributed by atoms with Crippen LogP contribution in [0.25, 0.3) is 10.9 Å². The number of amides is 2. The Balaban J connectivity index is 1.51. The van der Waals surface area contributed by atoms with Gasteiger partial charge >= 0.3 is 0 Å². The quantitative estimate of drug-likeness (QED) is 0.388. The summed E-state index contributed by atoms with van der Waals surface area (Å²) >= 11 is 0. The van der Waals surface area contributed by atoms with Gasteiger partial charge in [0.25, 0.3) is 5.91 Å². The molecule has 3 atom stereocenters. The molecule has 1 fully saturated rings. The molecule has 1 heterocycles. The maximum absolute atomic E-state index is 13.3. The van der Waals surface area contributed by atoms with Gasteiger partial charge in [-0.05, 0) is 42.9 Å². The molecule has 0 bridgehead atoms. The minimum absolute atomic E-state index is 0.0978. The highest BCUT2D eigenvalue weighted by molar-refractivity contribution is 5.97. The van der Waals surface area contributed by atoms with Gasteiger partial charge in [0.1, 0.15) is 0 Å². The molecule has 0 aliphatic heterocycles. The number of aromatic nitrogens is 1. The van der Waals surface area contributed by atoms with Crippen LogP contribution < -0.4 is 10.6 Å². The zero-order chi connectivity index (χ0) is 25.3. The van der Waals surface area contributed by atoms with E-state index in [9.17, 15) is 14.7 Å². The maximum Gasteiger partial charge on any atom is 0.253 e. The number of carbonyl (C=O) groups is 2. The number of fused-ring (bicyclic) bond motifs is 1. The molecule has 0 unspecified atom stereocenters. The van der Waals surface area contributed by atoms with Gasteiger partial charge in [-0.1, -0.05) is 80.6 Å². The molecule has 6 nitrogen and oxygen atoms in total. The average Bonchev–Trinajstić information content (AvgIpc) is 2.92. The van der Waals surface area contributed by atoms with Gasteiger partial charge in [-0.2, -0.15) is 0 Å². The molecule has 3 aromatic rings. The van der Waals surface area contributed by atoms with Crippen LogP contribution in [0, 0.1) is 11.8 Å². The van der Waals surface area contributed by atoms with Crippen LogP contribution in [0.15, 0.2) is 66.9 Å². The number of nitrogens with zero attached hydrogens (tertiary/aromatic N) is 1. The number of nitrogens with one attached hydrogen (secondary N) is 2. The summed E-state index contributed by atoms with van der Waals surface area (Å²) in [7, 11) is 1.63. The summed E-state index contributed by atoms with van der Waals surface area (Å²) < 4.78 is 0. The summed E-state index contributed by atoms with van der Waals surface area (Å²) in [5, 5.41) is 18.1. The van der Waals surface area contributed by atoms with E-state index in [1.54, 1.807) is 13.2 Å². The lowest BCUT2D eigenvalue weighted by atomic mass is 9.81. The van der Waals surface area contributed by atoms with Gasteiger partial charge < -0.3 is 15.7 Å². The fourth-order valence-electron chi connectivity index (χ4n) is 5.38. The zero-order valence-electron chi connectivity index (χ0n) is 21.0. The minimum Gasteiger partial charge on any atom is -0.391 e. The molecule has 1 saturated carbocycles. The van der Waals surface area contributed by atoms with E-state index in [1.165, 1.54) is 19.3 Å². The van der Waals surface area contributed by atoms with E-state index in [-0.39, 0.29) is 24.2 Å². The van der Waals surface area contributed by atoms with Gasteiger partial charge in [-0.15, -0.1) is 0 Å². The number of rotatable bonds is 10. The summed E-state index contributed by atoms with van der Waals surface area (Å²) in [4.78, 5) is 30.4. The smallest absolute Gasteiger partial charge is 0.253 e. The zero-order valence-corrected chi connectivity index (χ0v) is 21.0. The van der Waals surface area contributed by atoms with Crippen LogP contribution >= 0.6 is 0 Å². The number of benzene rings is 2. The Bertz CT molecular complexity index is 1140. The van der Waals surface area contributed by atoms with Crippen molar-refractivity contribution in [3.05, 3.63) is 78.0 Å². The first-order valence-electron chi connectivity index (χ1n) is 13.1. The molecule has 36 heavy (non-hydrogen) atoms. The first-order valence-corrected chi connectivity index (χ1v) is 13.1. The van der Waals surface area contributed by atoms with E-state index < -0.39 is 12.1 Å². The van der Waals surface area contributed by atoms with Crippen molar-refractivity contribution in [3.8, 4) is 0 Å². The fourth-order valence-corrected chi connectivity index (χ4v) is 5.38. The highest BCUT2D eigenvalue weighted by atomic mass is 16.3. The Morgan fingerprint density at radius 1 is 1.03 bits per heavy atom. The fraction of sp³-hybridized carbons (Fsp3) is 0.433. The van der Waals surface area contributed by atoms with Gasteiger partial charge in [-0.25, -0.2) is 0 Å². The maximum atomic E-state index is 13.3. The van der Waals surface area contributed by atoms with E-state index in [1.807, 2.05) is 60.7 Å². The molecule has 190 valence electrons. The lowest BCUT2D eigenvalue weighted by Gasteiger charge is -2.31.